The van der Waals surface area contributed by atoms with Crippen molar-refractivity contribution in [3.63, 3.8) is 0 Å². The molecule has 1 unspecified atom stereocenters. The summed E-state index contributed by atoms with van der Waals surface area (Å²) in [6, 6.07) is 10.6. The molecule has 1 fully saturated rings. The van der Waals surface area contributed by atoms with Crippen LogP contribution in [0.4, 0.5) is 5.69 Å². The van der Waals surface area contributed by atoms with Crippen LogP contribution in [0.1, 0.15) is 22.4 Å². The van der Waals surface area contributed by atoms with Crippen LogP contribution in [0.3, 0.4) is 0 Å². The largest absolute Gasteiger partial charge is 0.459 e. The molecule has 0 aliphatic carbocycles. The van der Waals surface area contributed by atoms with Crippen LogP contribution >= 0.6 is 0 Å². The van der Waals surface area contributed by atoms with Gasteiger partial charge in [0.25, 0.3) is 11.8 Å². The first-order chi connectivity index (χ1) is 12.7. The van der Waals surface area contributed by atoms with E-state index in [0.29, 0.717) is 17.4 Å². The number of hydrogen-bond acceptors (Lipinski definition) is 7. The SMILES string of the molecule is CN1CCNCC1c1noc(-c2cccc(NC(=O)c3ccco3)c2)n1. The highest BCUT2D eigenvalue weighted by Gasteiger charge is 2.25. The summed E-state index contributed by atoms with van der Waals surface area (Å²) in [6.07, 6.45) is 1.46. The monoisotopic (exact) mass is 353 g/mol. The Morgan fingerprint density at radius 3 is 3.08 bits per heavy atom. The average molecular weight is 353 g/mol. The molecule has 8 heteroatoms. The molecule has 1 amide bonds. The minimum atomic E-state index is -0.312. The number of likely N-dealkylation sites (N-methyl/N-ethyl adjacent to an activating group) is 1. The average Bonchev–Trinajstić information content (AvgIpc) is 3.35. The maximum absolute atomic E-state index is 12.1. The van der Waals surface area contributed by atoms with Gasteiger partial charge in [-0.15, -0.1) is 0 Å². The Morgan fingerprint density at radius 1 is 1.35 bits per heavy atom. The third-order valence-corrected chi connectivity index (χ3v) is 4.36. The van der Waals surface area contributed by atoms with E-state index >= 15 is 0 Å². The van der Waals surface area contributed by atoms with Crippen LogP contribution in [0.25, 0.3) is 11.5 Å². The van der Waals surface area contributed by atoms with Crippen LogP contribution in [-0.2, 0) is 0 Å². The molecule has 1 aromatic carbocycles. The molecule has 8 nitrogen and oxygen atoms in total. The maximum Gasteiger partial charge on any atom is 0.291 e. The number of carbonyl (C=O) groups excluding carboxylic acids is 1. The zero-order valence-electron chi connectivity index (χ0n) is 14.3. The normalized spacial score (nSPS) is 18.0. The summed E-state index contributed by atoms with van der Waals surface area (Å²) in [5, 5.41) is 10.3. The number of carbonyl (C=O) groups is 1. The summed E-state index contributed by atoms with van der Waals surface area (Å²) in [4.78, 5) is 18.8. The topological polar surface area (TPSA) is 96.4 Å². The molecule has 0 spiro atoms. The van der Waals surface area contributed by atoms with Gasteiger partial charge in [-0.1, -0.05) is 11.2 Å². The van der Waals surface area contributed by atoms with Crippen molar-refractivity contribution in [3.05, 3.63) is 54.2 Å². The van der Waals surface area contributed by atoms with Gasteiger partial charge < -0.3 is 19.6 Å². The lowest BCUT2D eigenvalue weighted by Crippen LogP contribution is -2.44. The van der Waals surface area contributed by atoms with E-state index in [9.17, 15) is 4.79 Å². The molecule has 1 aliphatic heterocycles. The highest BCUT2D eigenvalue weighted by Crippen LogP contribution is 2.25. The Hall–Kier alpha value is -2.97. The molecule has 1 atom stereocenters. The molecule has 26 heavy (non-hydrogen) atoms. The van der Waals surface area contributed by atoms with Gasteiger partial charge in [-0.05, 0) is 37.4 Å². The van der Waals surface area contributed by atoms with Gasteiger partial charge >= 0.3 is 0 Å². The molecule has 134 valence electrons. The van der Waals surface area contributed by atoms with Crippen molar-refractivity contribution in [2.75, 3.05) is 32.0 Å². The Morgan fingerprint density at radius 2 is 2.27 bits per heavy atom. The molecule has 2 aromatic heterocycles. The van der Waals surface area contributed by atoms with E-state index in [1.807, 2.05) is 19.2 Å². The number of amides is 1. The van der Waals surface area contributed by atoms with Crippen molar-refractivity contribution in [2.24, 2.45) is 0 Å². The van der Waals surface area contributed by atoms with Gasteiger partial charge in [0, 0.05) is 30.9 Å². The predicted molar refractivity (Wildman–Crippen MR) is 94.6 cm³/mol. The maximum atomic E-state index is 12.1. The number of aromatic nitrogens is 2. The van der Waals surface area contributed by atoms with Gasteiger partial charge in [0.2, 0.25) is 0 Å². The molecule has 1 aliphatic rings. The third kappa shape index (κ3) is 3.37. The van der Waals surface area contributed by atoms with E-state index in [4.69, 9.17) is 8.94 Å². The number of hydrogen-bond donors (Lipinski definition) is 2. The second kappa shape index (κ2) is 7.11. The molecule has 0 radical (unpaired) electrons. The Kier molecular flexibility index (Phi) is 4.51. The number of rotatable bonds is 4. The first-order valence-corrected chi connectivity index (χ1v) is 8.40. The minimum absolute atomic E-state index is 0.0862. The summed E-state index contributed by atoms with van der Waals surface area (Å²) in [6.45, 7) is 2.67. The van der Waals surface area contributed by atoms with Crippen molar-refractivity contribution >= 4 is 11.6 Å². The fourth-order valence-electron chi connectivity index (χ4n) is 2.91. The number of nitrogens with zero attached hydrogens (tertiary/aromatic N) is 3. The summed E-state index contributed by atoms with van der Waals surface area (Å²) in [5.41, 5.74) is 1.37. The van der Waals surface area contributed by atoms with E-state index in [2.05, 4.69) is 25.7 Å². The van der Waals surface area contributed by atoms with Crippen LogP contribution in [-0.4, -0.2) is 47.6 Å². The Labute approximate surface area is 150 Å². The summed E-state index contributed by atoms with van der Waals surface area (Å²) >= 11 is 0. The molecule has 4 rings (SSSR count). The van der Waals surface area contributed by atoms with E-state index in [0.717, 1.165) is 25.2 Å². The first kappa shape index (κ1) is 16.5. The molecule has 2 N–H and O–H groups in total. The van der Waals surface area contributed by atoms with Crippen molar-refractivity contribution in [1.29, 1.82) is 0 Å². The van der Waals surface area contributed by atoms with E-state index in [1.54, 1.807) is 24.3 Å². The number of benzene rings is 1. The van der Waals surface area contributed by atoms with Gasteiger partial charge in [-0.25, -0.2) is 0 Å². The van der Waals surface area contributed by atoms with E-state index < -0.39 is 0 Å². The van der Waals surface area contributed by atoms with Crippen LogP contribution in [0.2, 0.25) is 0 Å². The first-order valence-electron chi connectivity index (χ1n) is 8.40. The second-order valence-corrected chi connectivity index (χ2v) is 6.17. The van der Waals surface area contributed by atoms with Gasteiger partial charge in [0.1, 0.15) is 0 Å². The molecular formula is C18H19N5O3. The molecule has 3 heterocycles. The highest BCUT2D eigenvalue weighted by molar-refractivity contribution is 6.02. The molecule has 3 aromatic rings. The van der Waals surface area contributed by atoms with Crippen LogP contribution in [0.15, 0.2) is 51.6 Å². The summed E-state index contributed by atoms with van der Waals surface area (Å²) in [5.74, 6) is 1.02. The second-order valence-electron chi connectivity index (χ2n) is 6.17. The van der Waals surface area contributed by atoms with Crippen molar-refractivity contribution in [2.45, 2.75) is 6.04 Å². The molecule has 1 saturated heterocycles. The lowest BCUT2D eigenvalue weighted by atomic mass is 10.2. The summed E-state index contributed by atoms with van der Waals surface area (Å²) in [7, 11) is 2.05. The lowest BCUT2D eigenvalue weighted by Gasteiger charge is -2.30. The number of nitrogens with one attached hydrogen (secondary N) is 2. The highest BCUT2D eigenvalue weighted by atomic mass is 16.5. The Balaban J connectivity index is 1.52. The fraction of sp³-hybridized carbons (Fsp3) is 0.278. The summed E-state index contributed by atoms with van der Waals surface area (Å²) < 4.78 is 10.5. The van der Waals surface area contributed by atoms with Gasteiger partial charge in [0.05, 0.1) is 12.3 Å². The van der Waals surface area contributed by atoms with Gasteiger partial charge in [-0.2, -0.15) is 4.98 Å². The van der Waals surface area contributed by atoms with Gasteiger partial charge in [0.15, 0.2) is 11.6 Å². The number of anilines is 1. The number of furan rings is 1. The van der Waals surface area contributed by atoms with Crippen LogP contribution < -0.4 is 10.6 Å². The van der Waals surface area contributed by atoms with Crippen LogP contribution in [0, 0.1) is 0 Å². The van der Waals surface area contributed by atoms with E-state index in [-0.39, 0.29) is 17.7 Å². The third-order valence-electron chi connectivity index (χ3n) is 4.36. The molecule has 0 bridgehead atoms. The smallest absolute Gasteiger partial charge is 0.291 e. The van der Waals surface area contributed by atoms with Crippen molar-refractivity contribution < 1.29 is 13.7 Å². The van der Waals surface area contributed by atoms with Gasteiger partial charge in [-0.3, -0.25) is 9.69 Å². The molecule has 0 saturated carbocycles. The van der Waals surface area contributed by atoms with Crippen molar-refractivity contribution in [1.82, 2.24) is 20.4 Å². The van der Waals surface area contributed by atoms with Crippen molar-refractivity contribution in [3.8, 4) is 11.5 Å². The zero-order chi connectivity index (χ0) is 17.9. The van der Waals surface area contributed by atoms with Crippen LogP contribution in [0.5, 0.6) is 0 Å². The Bertz CT molecular complexity index is 890. The number of piperazine rings is 1. The lowest BCUT2D eigenvalue weighted by molar-refractivity contribution is 0.0996. The predicted octanol–water partition coefficient (Wildman–Crippen LogP) is 2.16. The zero-order valence-corrected chi connectivity index (χ0v) is 14.3. The quantitative estimate of drug-likeness (QED) is 0.742. The minimum Gasteiger partial charge on any atom is -0.459 e. The molecular weight excluding hydrogens is 334 g/mol. The standard InChI is InChI=1S/C18H19N5O3/c1-23-8-7-19-11-14(23)16-21-18(26-22-16)12-4-2-5-13(10-12)20-17(24)15-6-3-9-25-15/h2-6,9-10,14,19H,7-8,11H2,1H3,(H,20,24). The van der Waals surface area contributed by atoms with E-state index in [1.165, 1.54) is 6.26 Å². The fourth-order valence-corrected chi connectivity index (χ4v) is 2.91.